The molecular formula is C23H23NO2. The molecule has 3 rings (SSSR count). The number of hydrogen-bond donors (Lipinski definition) is 2. The van der Waals surface area contributed by atoms with Crippen LogP contribution in [0.15, 0.2) is 84.9 Å². The molecule has 0 aliphatic heterocycles. The number of carbonyl (C=O) groups excluding carboxylic acids is 1. The Balaban J connectivity index is 1.68. The third kappa shape index (κ3) is 4.58. The van der Waals surface area contributed by atoms with E-state index < -0.39 is 0 Å². The Morgan fingerprint density at radius 1 is 0.769 bits per heavy atom. The smallest absolute Gasteiger partial charge is 0.232 e. The van der Waals surface area contributed by atoms with Crippen molar-refractivity contribution in [1.82, 2.24) is 5.32 Å². The predicted octanol–water partition coefficient (Wildman–Crippen LogP) is 3.67. The lowest BCUT2D eigenvalue weighted by atomic mass is 9.90. The minimum absolute atomic E-state index is 0.00868. The summed E-state index contributed by atoms with van der Waals surface area (Å²) >= 11 is 0. The average Bonchev–Trinajstić information content (AvgIpc) is 2.70. The molecule has 3 nitrogen and oxygen atoms in total. The number of aliphatic hydroxyl groups is 1. The molecule has 0 fully saturated rings. The van der Waals surface area contributed by atoms with Crippen molar-refractivity contribution in [2.24, 2.45) is 0 Å². The highest BCUT2D eigenvalue weighted by molar-refractivity contribution is 5.87. The normalized spacial score (nSPS) is 10.7. The minimum Gasteiger partial charge on any atom is -0.392 e. The molecule has 0 aliphatic carbocycles. The van der Waals surface area contributed by atoms with Crippen molar-refractivity contribution in [2.45, 2.75) is 18.9 Å². The number of nitrogens with one attached hydrogen (secondary N) is 1. The highest BCUT2D eigenvalue weighted by Gasteiger charge is 2.21. The lowest BCUT2D eigenvalue weighted by Crippen LogP contribution is -2.31. The van der Waals surface area contributed by atoms with Crippen LogP contribution in [0.3, 0.4) is 0 Å². The van der Waals surface area contributed by atoms with E-state index in [2.05, 4.69) is 5.32 Å². The monoisotopic (exact) mass is 345 g/mol. The van der Waals surface area contributed by atoms with Gasteiger partial charge in [0.05, 0.1) is 12.5 Å². The minimum atomic E-state index is -0.311. The maximum Gasteiger partial charge on any atom is 0.232 e. The summed E-state index contributed by atoms with van der Waals surface area (Å²) in [6.07, 6.45) is 0.758. The molecule has 3 heteroatoms. The van der Waals surface area contributed by atoms with Gasteiger partial charge in [-0.3, -0.25) is 4.79 Å². The number of hydrogen-bond acceptors (Lipinski definition) is 2. The van der Waals surface area contributed by atoms with Crippen LogP contribution in [-0.2, 0) is 17.8 Å². The Morgan fingerprint density at radius 2 is 1.27 bits per heavy atom. The largest absolute Gasteiger partial charge is 0.392 e. The zero-order valence-corrected chi connectivity index (χ0v) is 14.6. The number of rotatable bonds is 7. The van der Waals surface area contributed by atoms with Crippen molar-refractivity contribution in [3.05, 3.63) is 107 Å². The number of carbonyl (C=O) groups is 1. The summed E-state index contributed by atoms with van der Waals surface area (Å²) in [4.78, 5) is 12.9. The lowest BCUT2D eigenvalue weighted by Gasteiger charge is -2.18. The first-order valence-corrected chi connectivity index (χ1v) is 8.84. The van der Waals surface area contributed by atoms with Crippen molar-refractivity contribution in [1.29, 1.82) is 0 Å². The van der Waals surface area contributed by atoms with Crippen LogP contribution in [-0.4, -0.2) is 17.6 Å². The quantitative estimate of drug-likeness (QED) is 0.686. The van der Waals surface area contributed by atoms with E-state index in [0.29, 0.717) is 6.54 Å². The van der Waals surface area contributed by atoms with E-state index in [-0.39, 0.29) is 18.4 Å². The zero-order valence-electron chi connectivity index (χ0n) is 14.6. The summed E-state index contributed by atoms with van der Waals surface area (Å²) in [6, 6.07) is 27.5. The standard InChI is InChI=1S/C23H23NO2/c25-17-19-13-11-18(12-14-19)15-16-24-23(26)22(20-7-3-1-4-8-20)21-9-5-2-6-10-21/h1-14,22,25H,15-17H2,(H,24,26). The van der Waals surface area contributed by atoms with E-state index in [1.165, 1.54) is 0 Å². The molecule has 3 aromatic rings. The Kier molecular flexibility index (Phi) is 6.18. The van der Waals surface area contributed by atoms with E-state index in [4.69, 9.17) is 5.11 Å². The second-order valence-electron chi connectivity index (χ2n) is 6.27. The van der Waals surface area contributed by atoms with E-state index >= 15 is 0 Å². The summed E-state index contributed by atoms with van der Waals surface area (Å²) in [5.74, 6) is -0.302. The molecule has 0 saturated heterocycles. The zero-order chi connectivity index (χ0) is 18.2. The van der Waals surface area contributed by atoms with Crippen molar-refractivity contribution >= 4 is 5.91 Å². The van der Waals surface area contributed by atoms with Crippen LogP contribution in [0.5, 0.6) is 0 Å². The Hall–Kier alpha value is -2.91. The van der Waals surface area contributed by atoms with Gasteiger partial charge in [-0.1, -0.05) is 84.9 Å². The van der Waals surface area contributed by atoms with Crippen molar-refractivity contribution in [3.63, 3.8) is 0 Å². The molecule has 26 heavy (non-hydrogen) atoms. The molecular weight excluding hydrogens is 322 g/mol. The van der Waals surface area contributed by atoms with Gasteiger partial charge in [0, 0.05) is 6.54 Å². The molecule has 2 N–H and O–H groups in total. The van der Waals surface area contributed by atoms with Crippen LogP contribution in [0.2, 0.25) is 0 Å². The third-order valence-electron chi connectivity index (χ3n) is 4.45. The fourth-order valence-electron chi connectivity index (χ4n) is 3.03. The fourth-order valence-corrected chi connectivity index (χ4v) is 3.03. The molecule has 0 aromatic heterocycles. The molecule has 0 unspecified atom stereocenters. The topological polar surface area (TPSA) is 49.3 Å². The van der Waals surface area contributed by atoms with Gasteiger partial charge in [0.25, 0.3) is 0 Å². The Bertz CT molecular complexity index is 774. The van der Waals surface area contributed by atoms with Crippen LogP contribution in [0, 0.1) is 0 Å². The highest BCUT2D eigenvalue weighted by Crippen LogP contribution is 2.24. The SMILES string of the molecule is O=C(NCCc1ccc(CO)cc1)C(c1ccccc1)c1ccccc1. The van der Waals surface area contributed by atoms with Crippen molar-refractivity contribution in [3.8, 4) is 0 Å². The Labute approximate surface area is 154 Å². The fraction of sp³-hybridized carbons (Fsp3) is 0.174. The van der Waals surface area contributed by atoms with Gasteiger partial charge in [0.15, 0.2) is 0 Å². The average molecular weight is 345 g/mol. The summed E-state index contributed by atoms with van der Waals surface area (Å²) in [5.41, 5.74) is 4.01. The molecule has 0 aliphatic rings. The molecule has 0 spiro atoms. The van der Waals surface area contributed by atoms with Gasteiger partial charge in [-0.25, -0.2) is 0 Å². The molecule has 0 heterocycles. The van der Waals surface area contributed by atoms with Crippen LogP contribution in [0.25, 0.3) is 0 Å². The lowest BCUT2D eigenvalue weighted by molar-refractivity contribution is -0.121. The predicted molar refractivity (Wildman–Crippen MR) is 104 cm³/mol. The summed E-state index contributed by atoms with van der Waals surface area (Å²) in [6.45, 7) is 0.625. The highest BCUT2D eigenvalue weighted by atomic mass is 16.3. The van der Waals surface area contributed by atoms with Gasteiger partial charge in [-0.15, -0.1) is 0 Å². The van der Waals surface area contributed by atoms with Crippen molar-refractivity contribution in [2.75, 3.05) is 6.54 Å². The second-order valence-corrected chi connectivity index (χ2v) is 6.27. The molecule has 3 aromatic carbocycles. The van der Waals surface area contributed by atoms with E-state index in [1.54, 1.807) is 0 Å². The molecule has 0 bridgehead atoms. The van der Waals surface area contributed by atoms with Crippen LogP contribution >= 0.6 is 0 Å². The van der Waals surface area contributed by atoms with Crippen molar-refractivity contribution < 1.29 is 9.90 Å². The molecule has 0 saturated carbocycles. The number of amides is 1. The molecule has 0 atom stereocenters. The Morgan fingerprint density at radius 3 is 1.77 bits per heavy atom. The van der Waals surface area contributed by atoms with Crippen LogP contribution in [0.4, 0.5) is 0 Å². The van der Waals surface area contributed by atoms with Gasteiger partial charge in [-0.05, 0) is 28.7 Å². The van der Waals surface area contributed by atoms with E-state index in [0.717, 1.165) is 28.7 Å². The first-order chi connectivity index (χ1) is 12.8. The van der Waals surface area contributed by atoms with Gasteiger partial charge >= 0.3 is 0 Å². The third-order valence-corrected chi connectivity index (χ3v) is 4.45. The van der Waals surface area contributed by atoms with Gasteiger partial charge < -0.3 is 10.4 Å². The number of benzene rings is 3. The second kappa shape index (κ2) is 8.97. The van der Waals surface area contributed by atoms with Crippen LogP contribution in [0.1, 0.15) is 28.2 Å². The number of aliphatic hydroxyl groups excluding tert-OH is 1. The summed E-state index contributed by atoms with van der Waals surface area (Å²) in [5, 5.41) is 12.2. The van der Waals surface area contributed by atoms with E-state index in [1.807, 2.05) is 84.9 Å². The maximum absolute atomic E-state index is 12.9. The molecule has 132 valence electrons. The van der Waals surface area contributed by atoms with Gasteiger partial charge in [-0.2, -0.15) is 0 Å². The maximum atomic E-state index is 12.9. The van der Waals surface area contributed by atoms with Gasteiger partial charge in [0.2, 0.25) is 5.91 Å². The van der Waals surface area contributed by atoms with E-state index in [9.17, 15) is 4.79 Å². The first kappa shape index (κ1) is 17.9. The summed E-state index contributed by atoms with van der Waals surface area (Å²) < 4.78 is 0. The molecule has 1 amide bonds. The molecule has 0 radical (unpaired) electrons. The van der Waals surface area contributed by atoms with Gasteiger partial charge in [0.1, 0.15) is 0 Å². The first-order valence-electron chi connectivity index (χ1n) is 8.84. The summed E-state index contributed by atoms with van der Waals surface area (Å²) in [7, 11) is 0. The van der Waals surface area contributed by atoms with Crippen LogP contribution < -0.4 is 5.32 Å².